The zero-order valence-corrected chi connectivity index (χ0v) is 13.0. The van der Waals surface area contributed by atoms with E-state index in [-0.39, 0.29) is 0 Å². The van der Waals surface area contributed by atoms with E-state index >= 15 is 0 Å². The second-order valence-corrected chi connectivity index (χ2v) is 6.64. The van der Waals surface area contributed by atoms with Crippen LogP contribution in [0.3, 0.4) is 0 Å². The van der Waals surface area contributed by atoms with Gasteiger partial charge in [-0.1, -0.05) is 18.2 Å². The van der Waals surface area contributed by atoms with Gasteiger partial charge in [-0.15, -0.1) is 0 Å². The van der Waals surface area contributed by atoms with E-state index in [0.717, 1.165) is 31.4 Å². The molecule has 2 aliphatic rings. The molecule has 1 aromatic rings. The predicted molar refractivity (Wildman–Crippen MR) is 88.6 cm³/mol. The van der Waals surface area contributed by atoms with E-state index in [1.54, 1.807) is 0 Å². The lowest BCUT2D eigenvalue weighted by atomic mass is 9.76. The van der Waals surface area contributed by atoms with Crippen LogP contribution in [0.1, 0.15) is 31.2 Å². The van der Waals surface area contributed by atoms with Crippen molar-refractivity contribution in [1.82, 2.24) is 4.90 Å². The summed E-state index contributed by atoms with van der Waals surface area (Å²) in [6, 6.07) is 8.73. The Morgan fingerprint density at radius 3 is 2.48 bits per heavy atom. The Bertz CT molecular complexity index is 543. The van der Waals surface area contributed by atoms with E-state index < -0.39 is 5.66 Å². The quantitative estimate of drug-likeness (QED) is 0.779. The summed E-state index contributed by atoms with van der Waals surface area (Å²) in [5.74, 6) is 0.431. The van der Waals surface area contributed by atoms with Gasteiger partial charge < -0.3 is 21.7 Å². The normalized spacial score (nSPS) is 31.9. The van der Waals surface area contributed by atoms with Crippen molar-refractivity contribution in [3.8, 4) is 0 Å². The minimum absolute atomic E-state index is 0.345. The fourth-order valence-electron chi connectivity index (χ4n) is 3.58. The Morgan fingerprint density at radius 1 is 1.14 bits per heavy atom. The minimum Gasteiger partial charge on any atom is -0.377 e. The van der Waals surface area contributed by atoms with Gasteiger partial charge >= 0.3 is 0 Å². The van der Waals surface area contributed by atoms with E-state index in [1.165, 1.54) is 11.3 Å². The van der Waals surface area contributed by atoms with Crippen molar-refractivity contribution < 1.29 is 0 Å². The smallest absolute Gasteiger partial charge is 0.110 e. The number of hydrogen-bond acceptors (Lipinski definition) is 4. The van der Waals surface area contributed by atoms with Crippen LogP contribution in [0.25, 0.3) is 5.70 Å². The van der Waals surface area contributed by atoms with Crippen molar-refractivity contribution in [2.45, 2.75) is 37.4 Å². The lowest BCUT2D eigenvalue weighted by Gasteiger charge is -2.44. The molecule has 1 fully saturated rings. The molecule has 1 saturated carbocycles. The van der Waals surface area contributed by atoms with Crippen molar-refractivity contribution in [1.29, 1.82) is 0 Å². The van der Waals surface area contributed by atoms with Crippen LogP contribution in [0.2, 0.25) is 0 Å². The van der Waals surface area contributed by atoms with E-state index in [1.807, 2.05) is 0 Å². The first-order chi connectivity index (χ1) is 9.99. The van der Waals surface area contributed by atoms with Gasteiger partial charge in [0.25, 0.3) is 0 Å². The fourth-order valence-corrected chi connectivity index (χ4v) is 3.58. The first kappa shape index (κ1) is 14.4. The van der Waals surface area contributed by atoms with Gasteiger partial charge in [0, 0.05) is 37.1 Å². The number of rotatable bonds is 2. The highest BCUT2D eigenvalue weighted by atomic mass is 15.2. The molecule has 4 nitrogen and oxygen atoms in total. The molecule has 0 amide bonds. The molecule has 1 atom stereocenters. The van der Waals surface area contributed by atoms with E-state index in [0.29, 0.717) is 12.0 Å². The lowest BCUT2D eigenvalue weighted by molar-refractivity contribution is 0.251. The summed E-state index contributed by atoms with van der Waals surface area (Å²) < 4.78 is 0. The van der Waals surface area contributed by atoms with E-state index in [2.05, 4.69) is 54.7 Å². The summed E-state index contributed by atoms with van der Waals surface area (Å²) in [5.41, 5.74) is 15.9. The number of hydrogen-bond donors (Lipinski definition) is 3. The maximum absolute atomic E-state index is 6.77. The summed E-state index contributed by atoms with van der Waals surface area (Å²) in [6.07, 6.45) is 6.51. The van der Waals surface area contributed by atoms with Crippen LogP contribution in [-0.4, -0.2) is 30.7 Å². The number of fused-ring (bicyclic) bond motifs is 1. The molecule has 1 aromatic carbocycles. The third-order valence-electron chi connectivity index (χ3n) is 4.86. The average molecular weight is 286 g/mol. The van der Waals surface area contributed by atoms with Crippen LogP contribution in [0.5, 0.6) is 0 Å². The van der Waals surface area contributed by atoms with Crippen molar-refractivity contribution >= 4 is 11.4 Å². The number of nitrogens with zero attached hydrogens (tertiary/aromatic N) is 1. The van der Waals surface area contributed by atoms with Gasteiger partial charge in [0.1, 0.15) is 5.66 Å². The molecule has 0 aromatic heterocycles. The maximum Gasteiger partial charge on any atom is 0.110 e. The largest absolute Gasteiger partial charge is 0.377 e. The topological polar surface area (TPSA) is 67.3 Å². The molecule has 1 heterocycles. The zero-order chi connectivity index (χ0) is 15.0. The van der Waals surface area contributed by atoms with Gasteiger partial charge in [-0.05, 0) is 43.7 Å². The molecule has 21 heavy (non-hydrogen) atoms. The molecule has 0 bridgehead atoms. The van der Waals surface area contributed by atoms with Crippen LogP contribution in [0, 0.1) is 5.92 Å². The Morgan fingerprint density at radius 2 is 1.81 bits per heavy atom. The standard InChI is InChI=1S/C17H26N4/c1-21(2)16-11-17(19,12-7-9-13(18)10-8-12)20-15-6-4-3-5-14(15)16/h3-6,11-13,20H,7-10,18-19H2,1-2H3. The van der Waals surface area contributed by atoms with Crippen molar-refractivity contribution in [3.05, 3.63) is 35.9 Å². The summed E-state index contributed by atoms with van der Waals surface area (Å²) in [7, 11) is 4.15. The van der Waals surface area contributed by atoms with Gasteiger partial charge in [-0.3, -0.25) is 0 Å². The lowest BCUT2D eigenvalue weighted by Crippen LogP contribution is -2.55. The SMILES string of the molecule is CN(C)C1=CC(N)(C2CCC(N)CC2)Nc2ccccc21. The molecule has 1 aliphatic heterocycles. The first-order valence-electron chi connectivity index (χ1n) is 7.82. The Kier molecular flexibility index (Phi) is 3.68. The van der Waals surface area contributed by atoms with Crippen molar-refractivity contribution in [3.63, 3.8) is 0 Å². The Balaban J connectivity index is 1.96. The van der Waals surface area contributed by atoms with Crippen LogP contribution in [0.15, 0.2) is 30.3 Å². The maximum atomic E-state index is 6.77. The summed E-state index contributed by atoms with van der Waals surface area (Å²) in [4.78, 5) is 2.15. The third-order valence-corrected chi connectivity index (χ3v) is 4.86. The second-order valence-electron chi connectivity index (χ2n) is 6.64. The molecular formula is C17H26N4. The number of nitrogens with two attached hydrogens (primary N) is 2. The molecule has 5 N–H and O–H groups in total. The second kappa shape index (κ2) is 5.35. The molecule has 0 saturated heterocycles. The van der Waals surface area contributed by atoms with Crippen LogP contribution in [-0.2, 0) is 0 Å². The first-order valence-corrected chi connectivity index (χ1v) is 7.82. The summed E-state index contributed by atoms with van der Waals surface area (Å²) in [6.45, 7) is 0. The summed E-state index contributed by atoms with van der Waals surface area (Å²) in [5, 5.41) is 3.58. The predicted octanol–water partition coefficient (Wildman–Crippen LogP) is 2.19. The number of benzene rings is 1. The molecular weight excluding hydrogens is 260 g/mol. The molecule has 3 rings (SSSR count). The number of anilines is 1. The molecule has 0 radical (unpaired) electrons. The molecule has 114 valence electrons. The highest BCUT2D eigenvalue weighted by molar-refractivity contribution is 5.80. The average Bonchev–Trinajstić information content (AvgIpc) is 2.46. The summed E-state index contributed by atoms with van der Waals surface area (Å²) >= 11 is 0. The van der Waals surface area contributed by atoms with Crippen molar-refractivity contribution in [2.75, 3.05) is 19.4 Å². The van der Waals surface area contributed by atoms with Gasteiger partial charge in [0.15, 0.2) is 0 Å². The van der Waals surface area contributed by atoms with Gasteiger partial charge in [-0.2, -0.15) is 0 Å². The molecule has 4 heteroatoms. The molecule has 0 spiro atoms. The molecule has 1 aliphatic carbocycles. The van der Waals surface area contributed by atoms with E-state index in [4.69, 9.17) is 11.5 Å². The van der Waals surface area contributed by atoms with Gasteiger partial charge in [0.2, 0.25) is 0 Å². The highest BCUT2D eigenvalue weighted by Crippen LogP contribution is 2.39. The van der Waals surface area contributed by atoms with E-state index in [9.17, 15) is 0 Å². The molecule has 1 unspecified atom stereocenters. The van der Waals surface area contributed by atoms with Crippen LogP contribution < -0.4 is 16.8 Å². The Labute approximate surface area is 127 Å². The third kappa shape index (κ3) is 2.65. The Hall–Kier alpha value is -1.52. The monoisotopic (exact) mass is 286 g/mol. The number of para-hydroxylation sites is 1. The van der Waals surface area contributed by atoms with Crippen molar-refractivity contribution in [2.24, 2.45) is 17.4 Å². The fraction of sp³-hybridized carbons (Fsp3) is 0.529. The van der Waals surface area contributed by atoms with Crippen LogP contribution >= 0.6 is 0 Å². The zero-order valence-electron chi connectivity index (χ0n) is 13.0. The number of nitrogens with one attached hydrogen (secondary N) is 1. The van der Waals surface area contributed by atoms with Gasteiger partial charge in [-0.25, -0.2) is 0 Å². The van der Waals surface area contributed by atoms with Gasteiger partial charge in [0.05, 0.1) is 0 Å². The highest BCUT2D eigenvalue weighted by Gasteiger charge is 2.38. The minimum atomic E-state index is -0.478. The van der Waals surface area contributed by atoms with Crippen LogP contribution in [0.4, 0.5) is 5.69 Å².